The molecule has 1 aromatic heterocycles. The van der Waals surface area contributed by atoms with E-state index in [0.29, 0.717) is 47.4 Å². The molecular formula is C27H23ClN4O3. The van der Waals surface area contributed by atoms with E-state index in [2.05, 4.69) is 10.3 Å². The molecule has 2 aromatic carbocycles. The molecule has 176 valence electrons. The number of ether oxygens (including phenoxy) is 1. The van der Waals surface area contributed by atoms with Crippen molar-refractivity contribution in [1.29, 1.82) is 0 Å². The normalized spacial score (nSPS) is 17.4. The molecule has 7 nitrogen and oxygen atoms in total. The van der Waals surface area contributed by atoms with Crippen molar-refractivity contribution < 1.29 is 14.3 Å². The Balaban J connectivity index is 1.63. The molecule has 3 heterocycles. The summed E-state index contributed by atoms with van der Waals surface area (Å²) in [5, 5.41) is 3.92. The van der Waals surface area contributed by atoms with Gasteiger partial charge in [-0.3, -0.25) is 19.7 Å². The zero-order chi connectivity index (χ0) is 24.4. The lowest BCUT2D eigenvalue weighted by Gasteiger charge is -2.27. The number of benzene rings is 2. The smallest absolute Gasteiger partial charge is 0.338 e. The van der Waals surface area contributed by atoms with Crippen LogP contribution in [-0.2, 0) is 9.53 Å². The largest absolute Gasteiger partial charge is 0.462 e. The number of esters is 1. The van der Waals surface area contributed by atoms with Crippen molar-refractivity contribution in [3.05, 3.63) is 106 Å². The maximum atomic E-state index is 13.8. The Morgan fingerprint density at radius 3 is 2.57 bits per heavy atom. The first-order chi connectivity index (χ1) is 17.1. The second kappa shape index (κ2) is 9.72. The zero-order valence-electron chi connectivity index (χ0n) is 19.1. The summed E-state index contributed by atoms with van der Waals surface area (Å²) in [4.78, 5) is 37.1. The molecule has 0 spiro atoms. The van der Waals surface area contributed by atoms with Gasteiger partial charge in [0.05, 0.1) is 30.1 Å². The molecule has 0 aliphatic carbocycles. The minimum atomic E-state index is -0.507. The average molecular weight is 487 g/mol. The van der Waals surface area contributed by atoms with Crippen LogP contribution in [0.3, 0.4) is 0 Å². The number of carbonyl (C=O) groups is 2. The molecule has 3 aromatic rings. The Morgan fingerprint density at radius 1 is 1.11 bits per heavy atom. The third kappa shape index (κ3) is 4.31. The lowest BCUT2D eigenvalue weighted by Crippen LogP contribution is -2.34. The summed E-state index contributed by atoms with van der Waals surface area (Å²) in [6, 6.07) is 19.4. The quantitative estimate of drug-likeness (QED) is 0.542. The number of pyridine rings is 1. The molecule has 0 bridgehead atoms. The molecule has 0 saturated carbocycles. The molecule has 5 rings (SSSR count). The van der Waals surface area contributed by atoms with Gasteiger partial charge in [0.15, 0.2) is 0 Å². The van der Waals surface area contributed by atoms with Crippen LogP contribution in [0, 0.1) is 0 Å². The summed E-state index contributed by atoms with van der Waals surface area (Å²) < 4.78 is 5.09. The first kappa shape index (κ1) is 22.8. The topological polar surface area (TPSA) is 83.9 Å². The number of aliphatic imine (C=N–C) groups is 1. The van der Waals surface area contributed by atoms with E-state index >= 15 is 0 Å². The van der Waals surface area contributed by atoms with Crippen LogP contribution < -0.4 is 10.2 Å². The van der Waals surface area contributed by atoms with Gasteiger partial charge in [-0.1, -0.05) is 29.8 Å². The maximum absolute atomic E-state index is 13.8. The first-order valence-electron chi connectivity index (χ1n) is 11.4. The van der Waals surface area contributed by atoms with Gasteiger partial charge in [0, 0.05) is 34.6 Å². The molecular weight excluding hydrogens is 464 g/mol. The van der Waals surface area contributed by atoms with Crippen LogP contribution in [0.15, 0.2) is 89.2 Å². The van der Waals surface area contributed by atoms with Crippen molar-refractivity contribution >= 4 is 34.9 Å². The Bertz CT molecular complexity index is 1320. The van der Waals surface area contributed by atoms with Crippen molar-refractivity contribution in [2.24, 2.45) is 4.99 Å². The van der Waals surface area contributed by atoms with Crippen LogP contribution in [0.1, 0.15) is 34.6 Å². The highest BCUT2D eigenvalue weighted by atomic mass is 35.5. The molecule has 2 aliphatic heterocycles. The second-order valence-corrected chi connectivity index (χ2v) is 8.49. The third-order valence-corrected chi connectivity index (χ3v) is 6.17. The fraction of sp³-hybridized carbons (Fsp3) is 0.185. The predicted octanol–water partition coefficient (Wildman–Crippen LogP) is 4.35. The lowest BCUT2D eigenvalue weighted by atomic mass is 9.94. The molecule has 0 fully saturated rings. The highest BCUT2D eigenvalue weighted by Crippen LogP contribution is 2.42. The second-order valence-electron chi connectivity index (χ2n) is 8.05. The summed E-state index contributed by atoms with van der Waals surface area (Å²) in [5.74, 6) is -0.580. The summed E-state index contributed by atoms with van der Waals surface area (Å²) in [6.45, 7) is 3.12. The Morgan fingerprint density at radius 2 is 1.89 bits per heavy atom. The van der Waals surface area contributed by atoms with Crippen molar-refractivity contribution in [1.82, 2.24) is 10.3 Å². The maximum Gasteiger partial charge on any atom is 0.338 e. The van der Waals surface area contributed by atoms with Crippen molar-refractivity contribution in [3.8, 4) is 0 Å². The van der Waals surface area contributed by atoms with E-state index in [0.717, 1.165) is 16.8 Å². The Labute approximate surface area is 208 Å². The number of nitrogens with one attached hydrogen (secondary N) is 1. The summed E-state index contributed by atoms with van der Waals surface area (Å²) in [7, 11) is 0. The molecule has 0 saturated heterocycles. The minimum absolute atomic E-state index is 0.178. The highest BCUT2D eigenvalue weighted by molar-refractivity contribution is 6.31. The van der Waals surface area contributed by atoms with Gasteiger partial charge < -0.3 is 10.1 Å². The highest BCUT2D eigenvalue weighted by Gasteiger charge is 2.44. The molecule has 8 heteroatoms. The van der Waals surface area contributed by atoms with Crippen LogP contribution in [-0.4, -0.2) is 42.3 Å². The van der Waals surface area contributed by atoms with E-state index in [1.807, 2.05) is 42.5 Å². The summed E-state index contributed by atoms with van der Waals surface area (Å²) in [6.07, 6.45) is 1.71. The number of hydrogen-bond donors (Lipinski definition) is 1. The van der Waals surface area contributed by atoms with Gasteiger partial charge in [-0.2, -0.15) is 0 Å². The molecule has 35 heavy (non-hydrogen) atoms. The van der Waals surface area contributed by atoms with Crippen LogP contribution in [0.5, 0.6) is 0 Å². The Kier molecular flexibility index (Phi) is 6.33. The van der Waals surface area contributed by atoms with E-state index in [1.165, 1.54) is 0 Å². The standard InChI is InChI=1S/C27H23ClN4O3/c1-2-35-27(34)18-8-12-20(13-9-18)32-25(21-5-3-4-14-29-21)22-23(17-6-10-19(28)11-7-17)30-15-16-31-24(22)26(32)33/h3-14,25,31H,2,15-16H2,1H3/t25-/m1/s1. The van der Waals surface area contributed by atoms with Crippen molar-refractivity contribution in [3.63, 3.8) is 0 Å². The van der Waals surface area contributed by atoms with Gasteiger partial charge in [-0.15, -0.1) is 0 Å². The van der Waals surface area contributed by atoms with E-state index in [1.54, 1.807) is 42.3 Å². The fourth-order valence-electron chi connectivity index (χ4n) is 4.38. The van der Waals surface area contributed by atoms with Gasteiger partial charge in [0.25, 0.3) is 5.91 Å². The number of halogens is 1. The van der Waals surface area contributed by atoms with Gasteiger partial charge in [-0.05, 0) is 55.5 Å². The zero-order valence-corrected chi connectivity index (χ0v) is 19.8. The lowest BCUT2D eigenvalue weighted by molar-refractivity contribution is -0.115. The first-order valence-corrected chi connectivity index (χ1v) is 11.8. The number of rotatable bonds is 5. The molecule has 1 N–H and O–H groups in total. The number of nitrogens with zero attached hydrogens (tertiary/aromatic N) is 3. The van der Waals surface area contributed by atoms with Crippen molar-refractivity contribution in [2.75, 3.05) is 24.6 Å². The van der Waals surface area contributed by atoms with Crippen molar-refractivity contribution in [2.45, 2.75) is 13.0 Å². The monoisotopic (exact) mass is 486 g/mol. The number of carbonyl (C=O) groups excluding carboxylic acids is 2. The molecule has 2 aliphatic rings. The van der Waals surface area contributed by atoms with E-state index < -0.39 is 12.0 Å². The van der Waals surface area contributed by atoms with E-state index in [9.17, 15) is 9.59 Å². The molecule has 0 radical (unpaired) electrons. The fourth-order valence-corrected chi connectivity index (χ4v) is 4.51. The third-order valence-electron chi connectivity index (χ3n) is 5.91. The molecule has 0 unspecified atom stereocenters. The predicted molar refractivity (Wildman–Crippen MR) is 135 cm³/mol. The van der Waals surface area contributed by atoms with E-state index in [4.69, 9.17) is 21.3 Å². The number of anilines is 1. The van der Waals surface area contributed by atoms with Gasteiger partial charge >= 0.3 is 5.97 Å². The average Bonchev–Trinajstić information content (AvgIpc) is 3.02. The SMILES string of the molecule is CCOC(=O)c1ccc(N2C(=O)C3=C(C(c4ccc(Cl)cc4)=NCCN3)[C@H]2c2ccccn2)cc1. The van der Waals surface area contributed by atoms with Crippen LogP contribution in [0.4, 0.5) is 5.69 Å². The van der Waals surface area contributed by atoms with Gasteiger partial charge in [-0.25, -0.2) is 4.79 Å². The van der Waals surface area contributed by atoms with E-state index in [-0.39, 0.29) is 5.91 Å². The van der Waals surface area contributed by atoms with Crippen LogP contribution in [0.25, 0.3) is 0 Å². The Hall–Kier alpha value is -3.97. The number of amides is 1. The molecule has 1 amide bonds. The minimum Gasteiger partial charge on any atom is -0.462 e. The molecule has 1 atom stereocenters. The van der Waals surface area contributed by atoms with Gasteiger partial charge in [0.1, 0.15) is 11.7 Å². The summed E-state index contributed by atoms with van der Waals surface area (Å²) >= 11 is 6.13. The summed E-state index contributed by atoms with van der Waals surface area (Å²) in [5.41, 5.74) is 4.65. The van der Waals surface area contributed by atoms with Crippen LogP contribution >= 0.6 is 11.6 Å². The number of aromatic nitrogens is 1. The number of hydrogen-bond acceptors (Lipinski definition) is 6. The van der Waals surface area contributed by atoms with Crippen LogP contribution in [0.2, 0.25) is 5.02 Å². The van der Waals surface area contributed by atoms with Gasteiger partial charge in [0.2, 0.25) is 0 Å².